The summed E-state index contributed by atoms with van der Waals surface area (Å²) in [6.45, 7) is 12.0. The Balaban J connectivity index is 2.44. The third kappa shape index (κ3) is 3.92. The van der Waals surface area contributed by atoms with Crippen molar-refractivity contribution in [3.63, 3.8) is 0 Å². The van der Waals surface area contributed by atoms with Crippen LogP contribution in [0.25, 0.3) is 0 Å². The van der Waals surface area contributed by atoms with Crippen LogP contribution in [0, 0.1) is 5.92 Å². The second kappa shape index (κ2) is 5.61. The molecule has 15 heavy (non-hydrogen) atoms. The highest BCUT2D eigenvalue weighted by Crippen LogP contribution is 2.17. The lowest BCUT2D eigenvalue weighted by molar-refractivity contribution is 0.425. The molecule has 2 nitrogen and oxygen atoms in total. The van der Waals surface area contributed by atoms with Crippen LogP contribution in [0.1, 0.15) is 51.2 Å². The Hall–Kier alpha value is -0.410. The highest BCUT2D eigenvalue weighted by atomic mass is 32.1. The second-order valence-corrected chi connectivity index (χ2v) is 5.68. The molecule has 0 radical (unpaired) electrons. The van der Waals surface area contributed by atoms with Crippen molar-refractivity contribution in [2.75, 3.05) is 0 Å². The maximum absolute atomic E-state index is 4.60. The number of hydrogen-bond acceptors (Lipinski definition) is 3. The van der Waals surface area contributed by atoms with Crippen LogP contribution in [0.5, 0.6) is 0 Å². The highest BCUT2D eigenvalue weighted by molar-refractivity contribution is 7.09. The lowest BCUT2D eigenvalue weighted by Gasteiger charge is -2.16. The average molecular weight is 226 g/mol. The zero-order valence-corrected chi connectivity index (χ0v) is 11.2. The minimum Gasteiger partial charge on any atom is -0.308 e. The van der Waals surface area contributed by atoms with E-state index in [0.29, 0.717) is 17.9 Å². The normalized spacial score (nSPS) is 13.8. The lowest BCUT2D eigenvalue weighted by Crippen LogP contribution is -2.30. The van der Waals surface area contributed by atoms with Crippen molar-refractivity contribution in [2.24, 2.45) is 5.92 Å². The summed E-state index contributed by atoms with van der Waals surface area (Å²) in [5.41, 5.74) is 1.22. The molecule has 0 amide bonds. The van der Waals surface area contributed by atoms with Gasteiger partial charge in [0.2, 0.25) is 0 Å². The molecule has 0 aliphatic heterocycles. The Morgan fingerprint density at radius 3 is 2.40 bits per heavy atom. The average Bonchev–Trinajstić information content (AvgIpc) is 2.62. The number of thiazole rings is 1. The number of aromatic nitrogens is 1. The van der Waals surface area contributed by atoms with Crippen LogP contribution in [-0.4, -0.2) is 11.0 Å². The molecule has 1 rings (SSSR count). The van der Waals surface area contributed by atoms with E-state index in [1.807, 2.05) is 0 Å². The quantitative estimate of drug-likeness (QED) is 0.832. The molecule has 86 valence electrons. The van der Waals surface area contributed by atoms with Crippen LogP contribution >= 0.6 is 11.3 Å². The molecule has 1 aromatic rings. The molecular weight excluding hydrogens is 204 g/mol. The standard InChI is InChI=1S/C12H22N2S/c1-8(2)10(5)13-6-12-14-11(7-15-12)9(3)4/h7-10,13H,6H2,1-5H3. The molecule has 3 heteroatoms. The first-order valence-corrected chi connectivity index (χ1v) is 6.56. The molecule has 0 saturated carbocycles. The predicted molar refractivity (Wildman–Crippen MR) is 67.3 cm³/mol. The number of rotatable bonds is 5. The topological polar surface area (TPSA) is 24.9 Å². The molecule has 0 fully saturated rings. The zero-order chi connectivity index (χ0) is 11.4. The van der Waals surface area contributed by atoms with E-state index in [1.54, 1.807) is 11.3 Å². The summed E-state index contributed by atoms with van der Waals surface area (Å²) < 4.78 is 0. The lowest BCUT2D eigenvalue weighted by atomic mass is 10.1. The Morgan fingerprint density at radius 2 is 1.93 bits per heavy atom. The summed E-state index contributed by atoms with van der Waals surface area (Å²) in [5.74, 6) is 1.21. The first-order valence-electron chi connectivity index (χ1n) is 5.68. The molecule has 1 N–H and O–H groups in total. The highest BCUT2D eigenvalue weighted by Gasteiger charge is 2.09. The Bertz CT molecular complexity index is 292. The Morgan fingerprint density at radius 1 is 1.27 bits per heavy atom. The molecular formula is C12H22N2S. The van der Waals surface area contributed by atoms with Gasteiger partial charge in [-0.3, -0.25) is 0 Å². The predicted octanol–water partition coefficient (Wildman–Crippen LogP) is 3.40. The van der Waals surface area contributed by atoms with Crippen LogP contribution in [0.3, 0.4) is 0 Å². The SMILES string of the molecule is CC(C)c1csc(CNC(C)C(C)C)n1. The van der Waals surface area contributed by atoms with E-state index in [4.69, 9.17) is 0 Å². The minimum absolute atomic E-state index is 0.539. The molecule has 1 unspecified atom stereocenters. The molecule has 1 atom stereocenters. The smallest absolute Gasteiger partial charge is 0.107 e. The molecule has 1 aromatic heterocycles. The summed E-state index contributed by atoms with van der Waals surface area (Å²) in [6, 6.07) is 0.552. The van der Waals surface area contributed by atoms with Crippen molar-refractivity contribution in [3.8, 4) is 0 Å². The van der Waals surface area contributed by atoms with Gasteiger partial charge in [0.1, 0.15) is 5.01 Å². The van der Waals surface area contributed by atoms with E-state index in [1.165, 1.54) is 10.7 Å². The van der Waals surface area contributed by atoms with Gasteiger partial charge in [0, 0.05) is 18.0 Å². The Labute approximate surface area is 97.1 Å². The van der Waals surface area contributed by atoms with Crippen molar-refractivity contribution in [1.82, 2.24) is 10.3 Å². The fourth-order valence-electron chi connectivity index (χ4n) is 1.16. The van der Waals surface area contributed by atoms with E-state index in [2.05, 4.69) is 50.3 Å². The van der Waals surface area contributed by atoms with Gasteiger partial charge in [-0.1, -0.05) is 27.7 Å². The van der Waals surface area contributed by atoms with E-state index < -0.39 is 0 Å². The van der Waals surface area contributed by atoms with E-state index in [0.717, 1.165) is 6.54 Å². The number of hydrogen-bond donors (Lipinski definition) is 1. The molecule has 0 spiro atoms. The third-order valence-corrected chi connectivity index (χ3v) is 3.60. The van der Waals surface area contributed by atoms with Crippen LogP contribution < -0.4 is 5.32 Å². The maximum atomic E-state index is 4.60. The van der Waals surface area contributed by atoms with Gasteiger partial charge in [-0.05, 0) is 18.8 Å². The first kappa shape index (κ1) is 12.7. The monoisotopic (exact) mass is 226 g/mol. The van der Waals surface area contributed by atoms with Crippen LogP contribution in [0.15, 0.2) is 5.38 Å². The van der Waals surface area contributed by atoms with Crippen molar-refractivity contribution in [1.29, 1.82) is 0 Å². The largest absolute Gasteiger partial charge is 0.308 e. The molecule has 0 saturated heterocycles. The third-order valence-electron chi connectivity index (χ3n) is 2.74. The zero-order valence-electron chi connectivity index (χ0n) is 10.4. The summed E-state index contributed by atoms with van der Waals surface area (Å²) in [4.78, 5) is 4.60. The van der Waals surface area contributed by atoms with Gasteiger partial charge in [0.25, 0.3) is 0 Å². The first-order chi connectivity index (χ1) is 7.00. The minimum atomic E-state index is 0.539. The molecule has 0 bridgehead atoms. The molecule has 0 aliphatic rings. The number of nitrogens with zero attached hydrogens (tertiary/aromatic N) is 1. The van der Waals surface area contributed by atoms with Crippen LogP contribution in [0.2, 0.25) is 0 Å². The van der Waals surface area contributed by atoms with Gasteiger partial charge in [0.05, 0.1) is 5.69 Å². The van der Waals surface area contributed by atoms with Gasteiger partial charge < -0.3 is 5.32 Å². The van der Waals surface area contributed by atoms with Crippen molar-refractivity contribution in [2.45, 2.75) is 53.1 Å². The van der Waals surface area contributed by atoms with E-state index in [-0.39, 0.29) is 0 Å². The van der Waals surface area contributed by atoms with Crippen molar-refractivity contribution < 1.29 is 0 Å². The fourth-order valence-corrected chi connectivity index (χ4v) is 2.06. The van der Waals surface area contributed by atoms with Crippen LogP contribution in [0.4, 0.5) is 0 Å². The molecule has 1 heterocycles. The number of nitrogens with one attached hydrogen (secondary N) is 1. The summed E-state index contributed by atoms with van der Waals surface area (Å²) in [7, 11) is 0. The van der Waals surface area contributed by atoms with Gasteiger partial charge in [-0.2, -0.15) is 0 Å². The van der Waals surface area contributed by atoms with Crippen molar-refractivity contribution >= 4 is 11.3 Å². The second-order valence-electron chi connectivity index (χ2n) is 4.73. The summed E-state index contributed by atoms with van der Waals surface area (Å²) >= 11 is 1.76. The van der Waals surface area contributed by atoms with Gasteiger partial charge >= 0.3 is 0 Å². The van der Waals surface area contributed by atoms with E-state index >= 15 is 0 Å². The summed E-state index contributed by atoms with van der Waals surface area (Å²) in [5, 5.41) is 6.87. The summed E-state index contributed by atoms with van der Waals surface area (Å²) in [6.07, 6.45) is 0. The maximum Gasteiger partial charge on any atom is 0.107 e. The van der Waals surface area contributed by atoms with Gasteiger partial charge in [-0.25, -0.2) is 4.98 Å². The molecule has 0 aromatic carbocycles. The van der Waals surface area contributed by atoms with E-state index in [9.17, 15) is 0 Å². The Kier molecular flexibility index (Phi) is 4.74. The van der Waals surface area contributed by atoms with Gasteiger partial charge in [0.15, 0.2) is 0 Å². The molecule has 0 aliphatic carbocycles. The van der Waals surface area contributed by atoms with Gasteiger partial charge in [-0.15, -0.1) is 11.3 Å². The van der Waals surface area contributed by atoms with Crippen molar-refractivity contribution in [3.05, 3.63) is 16.1 Å². The fraction of sp³-hybridized carbons (Fsp3) is 0.750. The van der Waals surface area contributed by atoms with Crippen LogP contribution in [-0.2, 0) is 6.54 Å².